The minimum absolute atomic E-state index is 0.158. The number of ketones is 1. The lowest BCUT2D eigenvalue weighted by Crippen LogP contribution is -2.47. The SMILES string of the molecule is CCOC(=O)C(=O)c1cn(C)c2c(C(O[SiH](c3ccccc3)c3ccccc3)C(C)(C)C)cccc12. The average molecular weight is 500 g/mol. The summed E-state index contributed by atoms with van der Waals surface area (Å²) >= 11 is 0. The van der Waals surface area contributed by atoms with Gasteiger partial charge >= 0.3 is 5.97 Å². The van der Waals surface area contributed by atoms with Crippen molar-refractivity contribution < 1.29 is 18.8 Å². The number of aromatic nitrogens is 1. The van der Waals surface area contributed by atoms with Crippen molar-refractivity contribution >= 4 is 42.1 Å². The van der Waals surface area contributed by atoms with E-state index in [2.05, 4.69) is 75.4 Å². The first-order chi connectivity index (χ1) is 17.2. The van der Waals surface area contributed by atoms with E-state index in [1.54, 1.807) is 13.1 Å². The zero-order chi connectivity index (χ0) is 25.9. The highest BCUT2D eigenvalue weighted by molar-refractivity contribution is 6.80. The molecule has 4 rings (SSSR count). The van der Waals surface area contributed by atoms with Crippen LogP contribution in [0.25, 0.3) is 10.9 Å². The highest BCUT2D eigenvalue weighted by Gasteiger charge is 2.34. The van der Waals surface area contributed by atoms with Gasteiger partial charge < -0.3 is 13.7 Å². The lowest BCUT2D eigenvalue weighted by atomic mass is 9.84. The van der Waals surface area contributed by atoms with Crippen LogP contribution in [0.3, 0.4) is 0 Å². The Balaban J connectivity index is 1.84. The van der Waals surface area contributed by atoms with Crippen LogP contribution >= 0.6 is 0 Å². The first-order valence-electron chi connectivity index (χ1n) is 12.3. The van der Waals surface area contributed by atoms with Crippen LogP contribution in [0.4, 0.5) is 0 Å². The third-order valence-corrected chi connectivity index (χ3v) is 8.81. The van der Waals surface area contributed by atoms with Crippen LogP contribution < -0.4 is 10.4 Å². The fourth-order valence-corrected chi connectivity index (χ4v) is 7.35. The Morgan fingerprint density at radius 3 is 2.00 bits per heavy atom. The summed E-state index contributed by atoms with van der Waals surface area (Å²) in [5.41, 5.74) is 1.99. The van der Waals surface area contributed by atoms with Crippen molar-refractivity contribution in [1.29, 1.82) is 0 Å². The molecule has 0 aliphatic rings. The van der Waals surface area contributed by atoms with Crippen LogP contribution in [0.1, 0.15) is 49.7 Å². The van der Waals surface area contributed by atoms with Gasteiger partial charge in [-0.1, -0.05) is 99.6 Å². The highest BCUT2D eigenvalue weighted by atomic mass is 28.3. The van der Waals surface area contributed by atoms with E-state index in [4.69, 9.17) is 9.16 Å². The molecule has 0 aliphatic carbocycles. The summed E-state index contributed by atoms with van der Waals surface area (Å²) in [5.74, 6) is -1.46. The maximum absolute atomic E-state index is 12.9. The number of Topliss-reactive ketones (excluding diaryl/α,β-unsaturated/α-hetero) is 1. The van der Waals surface area contributed by atoms with Crippen LogP contribution in [-0.2, 0) is 21.0 Å². The van der Waals surface area contributed by atoms with E-state index in [-0.39, 0.29) is 18.1 Å². The number of hydrogen-bond acceptors (Lipinski definition) is 4. The Hall–Kier alpha value is -3.48. The van der Waals surface area contributed by atoms with Gasteiger partial charge in [0.15, 0.2) is 0 Å². The van der Waals surface area contributed by atoms with Crippen LogP contribution in [0.2, 0.25) is 0 Å². The van der Waals surface area contributed by atoms with Gasteiger partial charge in [0.25, 0.3) is 5.78 Å². The van der Waals surface area contributed by atoms with E-state index < -0.39 is 20.8 Å². The van der Waals surface area contributed by atoms with E-state index in [1.807, 2.05) is 35.9 Å². The van der Waals surface area contributed by atoms with Crippen molar-refractivity contribution in [3.05, 3.63) is 96.2 Å². The molecule has 1 heterocycles. The number of para-hydroxylation sites is 1. The van der Waals surface area contributed by atoms with E-state index in [9.17, 15) is 9.59 Å². The van der Waals surface area contributed by atoms with Gasteiger partial charge in [-0.2, -0.15) is 0 Å². The molecule has 0 radical (unpaired) electrons. The number of ether oxygens (including phenoxy) is 1. The zero-order valence-electron chi connectivity index (χ0n) is 21.5. The first kappa shape index (κ1) is 25.6. The van der Waals surface area contributed by atoms with E-state index in [1.165, 1.54) is 10.4 Å². The molecule has 0 amide bonds. The predicted octanol–water partition coefficient (Wildman–Crippen LogP) is 4.57. The molecule has 1 aromatic heterocycles. The molecule has 4 aromatic rings. The number of aryl methyl sites for hydroxylation is 1. The molecule has 0 bridgehead atoms. The largest absolute Gasteiger partial charge is 0.460 e. The van der Waals surface area contributed by atoms with Crippen molar-refractivity contribution in [2.45, 2.75) is 33.8 Å². The van der Waals surface area contributed by atoms with Crippen molar-refractivity contribution in [3.8, 4) is 0 Å². The molecular weight excluding hydrogens is 466 g/mol. The monoisotopic (exact) mass is 499 g/mol. The Kier molecular flexibility index (Phi) is 7.57. The van der Waals surface area contributed by atoms with Crippen LogP contribution in [0.15, 0.2) is 85.1 Å². The molecule has 0 saturated heterocycles. The van der Waals surface area contributed by atoms with Crippen LogP contribution in [-0.4, -0.2) is 32.0 Å². The van der Waals surface area contributed by atoms with E-state index >= 15 is 0 Å². The molecule has 1 atom stereocenters. The predicted molar refractivity (Wildman–Crippen MR) is 146 cm³/mol. The quantitative estimate of drug-likeness (QED) is 0.154. The summed E-state index contributed by atoms with van der Waals surface area (Å²) in [7, 11) is -0.163. The maximum Gasteiger partial charge on any atom is 0.379 e. The van der Waals surface area contributed by atoms with Gasteiger partial charge in [0.05, 0.1) is 23.8 Å². The van der Waals surface area contributed by atoms with Crippen molar-refractivity contribution in [3.63, 3.8) is 0 Å². The number of rotatable bonds is 8. The summed E-state index contributed by atoms with van der Waals surface area (Å²) in [4.78, 5) is 25.1. The van der Waals surface area contributed by atoms with Crippen LogP contribution in [0, 0.1) is 5.41 Å². The number of benzene rings is 3. The van der Waals surface area contributed by atoms with Gasteiger partial charge in [-0.25, -0.2) is 4.79 Å². The number of fused-ring (bicyclic) bond motifs is 1. The lowest BCUT2D eigenvalue weighted by Gasteiger charge is -2.35. The average Bonchev–Trinajstić information content (AvgIpc) is 3.21. The third kappa shape index (κ3) is 5.20. The molecule has 0 aliphatic heterocycles. The molecule has 5 nitrogen and oxygen atoms in total. The molecule has 0 N–H and O–H groups in total. The second-order valence-electron chi connectivity index (χ2n) is 10.0. The summed E-state index contributed by atoms with van der Waals surface area (Å²) < 4.78 is 14.0. The number of nitrogens with zero attached hydrogens (tertiary/aromatic N) is 1. The fourth-order valence-electron chi connectivity index (χ4n) is 4.68. The zero-order valence-corrected chi connectivity index (χ0v) is 22.7. The van der Waals surface area contributed by atoms with Crippen molar-refractivity contribution in [1.82, 2.24) is 4.57 Å². The van der Waals surface area contributed by atoms with Crippen molar-refractivity contribution in [2.75, 3.05) is 6.61 Å². The summed E-state index contributed by atoms with van der Waals surface area (Å²) in [6, 6.07) is 26.7. The van der Waals surface area contributed by atoms with E-state index in [0.717, 1.165) is 16.5 Å². The lowest BCUT2D eigenvalue weighted by molar-refractivity contribution is -0.137. The van der Waals surface area contributed by atoms with Gasteiger partial charge in [-0.3, -0.25) is 4.79 Å². The smallest absolute Gasteiger partial charge is 0.379 e. The van der Waals surface area contributed by atoms with E-state index in [0.29, 0.717) is 5.56 Å². The Morgan fingerprint density at radius 2 is 1.47 bits per heavy atom. The minimum atomic E-state index is -2.06. The Morgan fingerprint density at radius 1 is 0.889 bits per heavy atom. The van der Waals surface area contributed by atoms with Gasteiger partial charge in [-0.15, -0.1) is 0 Å². The molecule has 0 fully saturated rings. The number of hydrogen-bond donors (Lipinski definition) is 0. The summed E-state index contributed by atoms with van der Waals surface area (Å²) in [6.07, 6.45) is 1.47. The molecule has 3 aromatic carbocycles. The molecule has 6 heteroatoms. The second-order valence-corrected chi connectivity index (χ2v) is 12.4. The van der Waals surface area contributed by atoms with Gasteiger partial charge in [-0.05, 0) is 22.7 Å². The summed E-state index contributed by atoms with van der Waals surface area (Å²) in [5, 5.41) is 3.13. The molecule has 36 heavy (non-hydrogen) atoms. The number of esters is 1. The van der Waals surface area contributed by atoms with Crippen LogP contribution in [0.5, 0.6) is 0 Å². The van der Waals surface area contributed by atoms with Gasteiger partial charge in [0, 0.05) is 24.2 Å². The molecule has 0 saturated carbocycles. The Bertz CT molecular complexity index is 1320. The normalized spacial score (nSPS) is 12.6. The van der Waals surface area contributed by atoms with Gasteiger partial charge in [0.1, 0.15) is 0 Å². The van der Waals surface area contributed by atoms with Crippen molar-refractivity contribution in [2.24, 2.45) is 12.5 Å². The van der Waals surface area contributed by atoms with Gasteiger partial charge in [0.2, 0.25) is 9.04 Å². The minimum Gasteiger partial charge on any atom is -0.460 e. The fraction of sp³-hybridized carbons (Fsp3) is 0.267. The highest BCUT2D eigenvalue weighted by Crippen LogP contribution is 2.40. The molecular formula is C30H33NO4Si. The third-order valence-electron chi connectivity index (χ3n) is 6.28. The second kappa shape index (κ2) is 10.6. The molecule has 186 valence electrons. The topological polar surface area (TPSA) is 57.5 Å². The number of carbonyl (C=O) groups excluding carboxylic acids is 2. The standard InChI is InChI=1S/C30H33NO4Si/c1-6-34-29(33)27(32)25-20-31(5)26-23(25)18-13-19-24(26)28(30(2,3)4)35-36(21-14-9-7-10-15-21)22-16-11-8-12-17-22/h7-20,28,36H,6H2,1-5H3. The number of carbonyl (C=O) groups is 2. The maximum atomic E-state index is 12.9. The molecule has 0 spiro atoms. The molecule has 1 unspecified atom stereocenters. The Labute approximate surface area is 214 Å². The summed E-state index contributed by atoms with van der Waals surface area (Å²) in [6.45, 7) is 8.37. The first-order valence-corrected chi connectivity index (χ1v) is 13.9.